The van der Waals surface area contributed by atoms with Crippen molar-refractivity contribution in [3.05, 3.63) is 24.2 Å². The van der Waals surface area contributed by atoms with Crippen LogP contribution in [0.15, 0.2) is 22.8 Å². The number of carboxylic acid groups (broad SMARTS) is 1. The third kappa shape index (κ3) is 1.76. The zero-order chi connectivity index (χ0) is 15.4. The first-order valence-corrected chi connectivity index (χ1v) is 7.68. The van der Waals surface area contributed by atoms with E-state index in [4.69, 9.17) is 4.42 Å². The van der Waals surface area contributed by atoms with Gasteiger partial charge >= 0.3 is 0 Å². The zero-order valence-corrected chi connectivity index (χ0v) is 11.9. The molecular weight excluding hydrogens is 286 g/mol. The number of hydrogen-bond acceptors (Lipinski definition) is 5. The molecular formula is C16H16NO5-. The molecule has 6 heteroatoms. The summed E-state index contributed by atoms with van der Waals surface area (Å²) in [5, 5.41) is 11.1. The molecule has 1 aromatic rings. The highest BCUT2D eigenvalue weighted by atomic mass is 16.4. The van der Waals surface area contributed by atoms with Crippen LogP contribution in [-0.4, -0.2) is 22.7 Å². The lowest BCUT2D eigenvalue weighted by Crippen LogP contribution is -2.39. The van der Waals surface area contributed by atoms with Gasteiger partial charge in [-0.05, 0) is 43.2 Å². The van der Waals surface area contributed by atoms with E-state index >= 15 is 0 Å². The second kappa shape index (κ2) is 4.69. The number of aliphatic carboxylic acids is 1. The number of imide groups is 1. The molecule has 0 N–H and O–H groups in total. The molecule has 0 aromatic carbocycles. The normalized spacial score (nSPS) is 34.3. The van der Waals surface area contributed by atoms with Crippen LogP contribution in [0.3, 0.4) is 0 Å². The fourth-order valence-corrected chi connectivity index (χ4v) is 4.70. The minimum absolute atomic E-state index is 0.232. The molecule has 3 fully saturated rings. The van der Waals surface area contributed by atoms with Gasteiger partial charge in [-0.15, -0.1) is 0 Å². The van der Waals surface area contributed by atoms with Gasteiger partial charge in [-0.2, -0.15) is 0 Å². The average Bonchev–Trinajstić information content (AvgIpc) is 3.22. The van der Waals surface area contributed by atoms with Gasteiger partial charge in [0.1, 0.15) is 11.8 Å². The molecule has 2 bridgehead atoms. The van der Waals surface area contributed by atoms with Crippen molar-refractivity contribution in [1.29, 1.82) is 0 Å². The van der Waals surface area contributed by atoms with E-state index in [2.05, 4.69) is 0 Å². The van der Waals surface area contributed by atoms with Gasteiger partial charge in [-0.3, -0.25) is 14.5 Å². The maximum absolute atomic E-state index is 12.8. The van der Waals surface area contributed by atoms with E-state index in [-0.39, 0.29) is 35.5 Å². The number of nitrogens with zero attached hydrogens (tertiary/aromatic N) is 1. The van der Waals surface area contributed by atoms with Gasteiger partial charge in [-0.25, -0.2) is 0 Å². The fraction of sp³-hybridized carbons (Fsp3) is 0.562. The van der Waals surface area contributed by atoms with Crippen molar-refractivity contribution in [2.75, 3.05) is 0 Å². The van der Waals surface area contributed by atoms with Crippen LogP contribution in [-0.2, 0) is 14.4 Å². The van der Waals surface area contributed by atoms with E-state index in [1.165, 1.54) is 6.26 Å². The maximum Gasteiger partial charge on any atom is 0.234 e. The number of amides is 2. The number of rotatable bonds is 4. The van der Waals surface area contributed by atoms with E-state index in [1.807, 2.05) is 0 Å². The zero-order valence-electron chi connectivity index (χ0n) is 11.9. The maximum atomic E-state index is 12.8. The van der Waals surface area contributed by atoms with Gasteiger partial charge in [0.25, 0.3) is 0 Å². The summed E-state index contributed by atoms with van der Waals surface area (Å²) in [5.41, 5.74) is 0. The number of likely N-dealkylation sites (tertiary alicyclic amines) is 1. The molecule has 2 amide bonds. The Balaban J connectivity index is 1.70. The Hall–Kier alpha value is -2.11. The van der Waals surface area contributed by atoms with E-state index in [0.717, 1.165) is 24.2 Å². The summed E-state index contributed by atoms with van der Waals surface area (Å²) in [4.78, 5) is 37.7. The Labute approximate surface area is 127 Å². The molecule has 0 spiro atoms. The van der Waals surface area contributed by atoms with Crippen LogP contribution in [0.2, 0.25) is 0 Å². The van der Waals surface area contributed by atoms with Crippen LogP contribution in [0.25, 0.3) is 0 Å². The van der Waals surface area contributed by atoms with Crippen molar-refractivity contribution in [1.82, 2.24) is 4.90 Å². The monoisotopic (exact) mass is 302 g/mol. The highest BCUT2D eigenvalue weighted by molar-refractivity contribution is 6.06. The molecule has 6 nitrogen and oxygen atoms in total. The van der Waals surface area contributed by atoms with E-state index < -0.39 is 18.4 Å². The Morgan fingerprint density at radius 1 is 1.27 bits per heavy atom. The summed E-state index contributed by atoms with van der Waals surface area (Å²) in [6.45, 7) is 0. The summed E-state index contributed by atoms with van der Waals surface area (Å²) in [6.07, 6.45) is 3.91. The fourth-order valence-electron chi connectivity index (χ4n) is 4.70. The van der Waals surface area contributed by atoms with Crippen LogP contribution >= 0.6 is 0 Å². The number of furan rings is 1. The van der Waals surface area contributed by atoms with Gasteiger partial charge in [-0.1, -0.05) is 0 Å². The molecule has 1 aromatic heterocycles. The van der Waals surface area contributed by atoms with Crippen molar-refractivity contribution < 1.29 is 23.9 Å². The summed E-state index contributed by atoms with van der Waals surface area (Å²) >= 11 is 0. The third-order valence-electron chi connectivity index (χ3n) is 5.50. The van der Waals surface area contributed by atoms with Crippen LogP contribution in [0.1, 0.15) is 37.5 Å². The summed E-state index contributed by atoms with van der Waals surface area (Å²) in [7, 11) is 0. The Bertz CT molecular complexity index is 609. The second-order valence-corrected chi connectivity index (χ2v) is 6.54. The van der Waals surface area contributed by atoms with E-state index in [9.17, 15) is 19.5 Å². The predicted octanol–water partition coefficient (Wildman–Crippen LogP) is 0.492. The van der Waals surface area contributed by atoms with Gasteiger partial charge in [0, 0.05) is 12.4 Å². The van der Waals surface area contributed by atoms with Crippen LogP contribution < -0.4 is 5.11 Å². The minimum Gasteiger partial charge on any atom is -0.550 e. The largest absolute Gasteiger partial charge is 0.550 e. The molecule has 1 aliphatic heterocycles. The summed E-state index contributed by atoms with van der Waals surface area (Å²) in [6, 6.07) is 2.31. The first-order chi connectivity index (χ1) is 10.6. The number of carbonyl (C=O) groups excluding carboxylic acids is 3. The smallest absolute Gasteiger partial charge is 0.234 e. The molecule has 2 heterocycles. The lowest BCUT2D eigenvalue weighted by Gasteiger charge is -2.26. The van der Waals surface area contributed by atoms with Crippen molar-refractivity contribution in [3.63, 3.8) is 0 Å². The van der Waals surface area contributed by atoms with Gasteiger partial charge in [0.2, 0.25) is 11.8 Å². The van der Waals surface area contributed by atoms with Crippen molar-refractivity contribution >= 4 is 17.8 Å². The molecule has 0 radical (unpaired) electrons. The standard InChI is InChI=1S/C16H17NO5/c18-12(19)7-10(11-2-1-5-22-11)17-15(20)13-8-3-4-9(6-8)14(13)16(17)21/h1-2,5,8-10,13-14H,3-4,6-7H2,(H,18,19)/p-1/t8-,9-,10+,13-,14+/m0/s1. The highest BCUT2D eigenvalue weighted by Gasteiger charge is 2.62. The van der Waals surface area contributed by atoms with Crippen LogP contribution in [0.4, 0.5) is 0 Å². The lowest BCUT2D eigenvalue weighted by molar-refractivity contribution is -0.306. The number of fused-ring (bicyclic) bond motifs is 5. The summed E-state index contributed by atoms with van der Waals surface area (Å²) < 4.78 is 5.26. The SMILES string of the molecule is O=C([O-])C[C@H](c1ccco1)N1C(=O)[C@@H]2[C@H]3CC[C@@H](C3)[C@@H]2C1=O. The average molecular weight is 302 g/mol. The minimum atomic E-state index is -1.30. The molecule has 5 atom stereocenters. The molecule has 116 valence electrons. The second-order valence-electron chi connectivity index (χ2n) is 6.54. The Morgan fingerprint density at radius 2 is 1.91 bits per heavy atom. The first-order valence-electron chi connectivity index (χ1n) is 7.68. The highest BCUT2D eigenvalue weighted by Crippen LogP contribution is 2.57. The Morgan fingerprint density at radius 3 is 2.41 bits per heavy atom. The molecule has 0 unspecified atom stereocenters. The Kier molecular flexibility index (Phi) is 2.89. The topological polar surface area (TPSA) is 90.7 Å². The van der Waals surface area contributed by atoms with Crippen LogP contribution in [0.5, 0.6) is 0 Å². The molecule has 1 saturated heterocycles. The lowest BCUT2D eigenvalue weighted by atomic mass is 9.81. The number of carbonyl (C=O) groups is 3. The van der Waals surface area contributed by atoms with Crippen molar-refractivity contribution in [3.8, 4) is 0 Å². The molecule has 2 saturated carbocycles. The van der Waals surface area contributed by atoms with E-state index in [1.54, 1.807) is 12.1 Å². The predicted molar refractivity (Wildman–Crippen MR) is 70.7 cm³/mol. The van der Waals surface area contributed by atoms with Crippen molar-refractivity contribution in [2.24, 2.45) is 23.7 Å². The van der Waals surface area contributed by atoms with Gasteiger partial charge < -0.3 is 14.3 Å². The van der Waals surface area contributed by atoms with Gasteiger partial charge in [0.05, 0.1) is 18.1 Å². The third-order valence-corrected chi connectivity index (χ3v) is 5.50. The van der Waals surface area contributed by atoms with Gasteiger partial charge in [0.15, 0.2) is 0 Å². The van der Waals surface area contributed by atoms with E-state index in [0.29, 0.717) is 5.76 Å². The van der Waals surface area contributed by atoms with Crippen LogP contribution in [0, 0.1) is 23.7 Å². The quantitative estimate of drug-likeness (QED) is 0.755. The molecule has 2 aliphatic carbocycles. The molecule has 22 heavy (non-hydrogen) atoms. The molecule has 4 rings (SSSR count). The molecule has 3 aliphatic rings. The van der Waals surface area contributed by atoms with Crippen molar-refractivity contribution in [2.45, 2.75) is 31.7 Å². The number of carboxylic acids is 1. The summed E-state index contributed by atoms with van der Waals surface area (Å²) in [5.74, 6) is -1.42. The first kappa shape index (κ1) is 13.5. The number of hydrogen-bond donors (Lipinski definition) is 0.